The highest BCUT2D eigenvalue weighted by Crippen LogP contribution is 2.10. The van der Waals surface area contributed by atoms with E-state index >= 15 is 0 Å². The Bertz CT molecular complexity index is 911. The predicted molar refractivity (Wildman–Crippen MR) is 184 cm³/mol. The zero-order valence-corrected chi connectivity index (χ0v) is 30.8. The molecule has 16 heteroatoms. The van der Waals surface area contributed by atoms with E-state index in [4.69, 9.17) is 61.0 Å². The van der Waals surface area contributed by atoms with Crippen molar-refractivity contribution < 1.29 is 69.4 Å². The Kier molecular flexibility index (Phi) is 34.9. The molecule has 0 amide bonds. The van der Waals surface area contributed by atoms with Crippen LogP contribution in [0.15, 0.2) is 35.2 Å². The van der Waals surface area contributed by atoms with Crippen LogP contribution in [-0.4, -0.2) is 174 Å². The number of benzene rings is 1. The molecule has 50 heavy (non-hydrogen) atoms. The summed E-state index contributed by atoms with van der Waals surface area (Å²) in [5.74, 6) is 0. The zero-order chi connectivity index (χ0) is 35.9. The number of rotatable bonds is 41. The van der Waals surface area contributed by atoms with Crippen molar-refractivity contribution in [1.82, 2.24) is 0 Å². The first-order valence-electron chi connectivity index (χ1n) is 17.5. The number of hydrogen-bond donors (Lipinski definition) is 0. The molecular formula is C34H62O15S. The first-order chi connectivity index (χ1) is 24.7. The Morgan fingerprint density at radius 1 is 0.360 bits per heavy atom. The predicted octanol–water partition coefficient (Wildman–Crippen LogP) is 2.39. The third-order valence-corrected chi connectivity index (χ3v) is 7.56. The third-order valence-electron chi connectivity index (χ3n) is 6.23. The van der Waals surface area contributed by atoms with Crippen molar-refractivity contribution in [3.05, 3.63) is 30.3 Å². The van der Waals surface area contributed by atoms with Crippen LogP contribution in [0.25, 0.3) is 0 Å². The van der Waals surface area contributed by atoms with E-state index in [1.165, 1.54) is 12.1 Å². The van der Waals surface area contributed by atoms with E-state index in [1.807, 2.05) is 0 Å². The maximum absolute atomic E-state index is 12.0. The normalized spacial score (nSPS) is 11.9. The van der Waals surface area contributed by atoms with Crippen LogP contribution in [-0.2, 0) is 71.1 Å². The summed E-state index contributed by atoms with van der Waals surface area (Å²) in [6.45, 7) is 13.8. The maximum atomic E-state index is 12.0. The Labute approximate surface area is 299 Å². The van der Waals surface area contributed by atoms with Crippen LogP contribution < -0.4 is 0 Å². The topological polar surface area (TPSA) is 154 Å². The highest BCUT2D eigenvalue weighted by Gasteiger charge is 2.13. The van der Waals surface area contributed by atoms with Gasteiger partial charge in [0.25, 0.3) is 10.1 Å². The average Bonchev–Trinajstić information content (AvgIpc) is 3.13. The molecule has 0 saturated heterocycles. The second-order valence-electron chi connectivity index (χ2n) is 10.3. The van der Waals surface area contributed by atoms with Gasteiger partial charge in [0.2, 0.25) is 0 Å². The van der Waals surface area contributed by atoms with Gasteiger partial charge >= 0.3 is 0 Å². The van der Waals surface area contributed by atoms with Crippen molar-refractivity contribution >= 4 is 10.1 Å². The molecule has 0 radical (unpaired) electrons. The Balaban J connectivity index is 1.64. The maximum Gasteiger partial charge on any atom is 0.297 e. The first-order valence-corrected chi connectivity index (χ1v) is 18.9. The van der Waals surface area contributed by atoms with Gasteiger partial charge in [0.1, 0.15) is 0 Å². The minimum atomic E-state index is -3.76. The van der Waals surface area contributed by atoms with Gasteiger partial charge in [-0.2, -0.15) is 8.42 Å². The fourth-order valence-electron chi connectivity index (χ4n) is 3.63. The largest absolute Gasteiger partial charge is 0.379 e. The molecule has 1 rings (SSSR count). The van der Waals surface area contributed by atoms with Gasteiger partial charge in [-0.3, -0.25) is 4.18 Å². The van der Waals surface area contributed by atoms with E-state index in [0.29, 0.717) is 145 Å². The summed E-state index contributed by atoms with van der Waals surface area (Å²) >= 11 is 0. The summed E-state index contributed by atoms with van der Waals surface area (Å²) in [5, 5.41) is 0. The molecule has 0 bridgehead atoms. The molecule has 0 aliphatic heterocycles. The molecule has 0 heterocycles. The van der Waals surface area contributed by atoms with Gasteiger partial charge in [-0.05, 0) is 18.6 Å². The van der Waals surface area contributed by atoms with Crippen molar-refractivity contribution in [2.45, 2.75) is 24.7 Å². The number of hydrogen-bond acceptors (Lipinski definition) is 15. The quantitative estimate of drug-likeness (QED) is 0.0712. The minimum Gasteiger partial charge on any atom is -0.379 e. The van der Waals surface area contributed by atoms with Crippen molar-refractivity contribution in [1.29, 1.82) is 0 Å². The van der Waals surface area contributed by atoms with Gasteiger partial charge in [0, 0.05) is 6.61 Å². The zero-order valence-electron chi connectivity index (χ0n) is 30.0. The van der Waals surface area contributed by atoms with E-state index in [-0.39, 0.29) is 18.1 Å². The van der Waals surface area contributed by atoms with Gasteiger partial charge < -0.3 is 56.8 Å². The van der Waals surface area contributed by atoms with Crippen LogP contribution in [0.3, 0.4) is 0 Å². The summed E-state index contributed by atoms with van der Waals surface area (Å²) in [6.07, 6.45) is 2.23. The first kappa shape index (κ1) is 46.7. The van der Waals surface area contributed by atoms with Crippen LogP contribution in [0.5, 0.6) is 0 Å². The second-order valence-corrected chi connectivity index (χ2v) is 11.9. The summed E-state index contributed by atoms with van der Waals surface area (Å²) < 4.78 is 94.2. The average molecular weight is 743 g/mol. The number of unbranched alkanes of at least 4 members (excludes halogenated alkanes) is 1. The van der Waals surface area contributed by atoms with Crippen molar-refractivity contribution in [3.8, 4) is 0 Å². The lowest BCUT2D eigenvalue weighted by Gasteiger charge is -2.09. The SMILES string of the molecule is CCCCOCCOCCOCCOCCOCCOCCOCCOCCOCCOCCOCCOCCOS(=O)(=O)c1ccccc1. The lowest BCUT2D eigenvalue weighted by atomic mass is 10.4. The molecular weight excluding hydrogens is 680 g/mol. The Morgan fingerprint density at radius 2 is 0.600 bits per heavy atom. The van der Waals surface area contributed by atoms with Crippen molar-refractivity contribution in [3.63, 3.8) is 0 Å². The highest BCUT2D eigenvalue weighted by atomic mass is 32.2. The van der Waals surface area contributed by atoms with Gasteiger partial charge in [-0.25, -0.2) is 0 Å². The molecule has 0 unspecified atom stereocenters. The molecule has 0 saturated carbocycles. The lowest BCUT2D eigenvalue weighted by molar-refractivity contribution is -0.0285. The monoisotopic (exact) mass is 742 g/mol. The van der Waals surface area contributed by atoms with Gasteiger partial charge in [-0.1, -0.05) is 31.5 Å². The highest BCUT2D eigenvalue weighted by molar-refractivity contribution is 7.86. The minimum absolute atomic E-state index is 0.0592. The van der Waals surface area contributed by atoms with Gasteiger partial charge in [0.05, 0.1) is 163 Å². The molecule has 294 valence electrons. The van der Waals surface area contributed by atoms with E-state index in [0.717, 1.165) is 19.4 Å². The van der Waals surface area contributed by atoms with Crippen LogP contribution >= 0.6 is 0 Å². The summed E-state index contributed by atoms with van der Waals surface area (Å²) in [7, 11) is -3.76. The molecule has 0 aromatic heterocycles. The summed E-state index contributed by atoms with van der Waals surface area (Å²) in [6, 6.07) is 7.98. The molecule has 0 N–H and O–H groups in total. The second kappa shape index (κ2) is 37.4. The molecule has 0 atom stereocenters. The number of ether oxygens (including phenoxy) is 12. The standard InChI is InChI=1S/C34H62O15S/c1-2-3-9-37-10-11-38-12-13-39-14-15-40-16-17-41-18-19-42-20-21-43-22-23-44-24-25-45-26-27-46-28-29-47-30-31-48-32-33-49-50(35,36)34-7-5-4-6-8-34/h4-8H,2-3,9-33H2,1H3. The summed E-state index contributed by atoms with van der Waals surface area (Å²) in [4.78, 5) is 0.120. The lowest BCUT2D eigenvalue weighted by Crippen LogP contribution is -2.16. The molecule has 0 fully saturated rings. The molecule has 0 aliphatic rings. The van der Waals surface area contributed by atoms with E-state index in [2.05, 4.69) is 6.92 Å². The van der Waals surface area contributed by atoms with Gasteiger partial charge in [0.15, 0.2) is 0 Å². The summed E-state index contributed by atoms with van der Waals surface area (Å²) in [5.41, 5.74) is 0. The molecule has 1 aromatic carbocycles. The molecule has 0 aliphatic carbocycles. The molecule has 1 aromatic rings. The van der Waals surface area contributed by atoms with E-state index < -0.39 is 10.1 Å². The van der Waals surface area contributed by atoms with E-state index in [9.17, 15) is 8.42 Å². The van der Waals surface area contributed by atoms with Crippen LogP contribution in [0.1, 0.15) is 19.8 Å². The van der Waals surface area contributed by atoms with Crippen LogP contribution in [0.2, 0.25) is 0 Å². The third kappa shape index (κ3) is 32.6. The van der Waals surface area contributed by atoms with Gasteiger partial charge in [-0.15, -0.1) is 0 Å². The fraction of sp³-hybridized carbons (Fsp3) is 0.824. The smallest absolute Gasteiger partial charge is 0.297 e. The van der Waals surface area contributed by atoms with Crippen molar-refractivity contribution in [2.24, 2.45) is 0 Å². The Hall–Kier alpha value is -1.35. The van der Waals surface area contributed by atoms with Crippen molar-refractivity contribution in [2.75, 3.05) is 165 Å². The fourth-order valence-corrected chi connectivity index (χ4v) is 4.54. The molecule has 0 spiro atoms. The van der Waals surface area contributed by atoms with Crippen LogP contribution in [0, 0.1) is 0 Å². The van der Waals surface area contributed by atoms with E-state index in [1.54, 1.807) is 18.2 Å². The molecule has 15 nitrogen and oxygen atoms in total. The Morgan fingerprint density at radius 3 is 0.860 bits per heavy atom. The van der Waals surface area contributed by atoms with Crippen LogP contribution in [0.4, 0.5) is 0 Å².